The van der Waals surface area contributed by atoms with Gasteiger partial charge >= 0.3 is 0 Å². The largest absolute Gasteiger partial charge is 0.496 e. The molecule has 0 heterocycles. The number of hydrogen-bond donors (Lipinski definition) is 1. The fourth-order valence-corrected chi connectivity index (χ4v) is 1.78. The maximum absolute atomic E-state index is 8.43. The summed E-state index contributed by atoms with van der Waals surface area (Å²) in [5.74, 6) is 0.940. The maximum Gasteiger partial charge on any atom is 0.122 e. The molecule has 0 saturated heterocycles. The van der Waals surface area contributed by atoms with E-state index in [4.69, 9.17) is 10.00 Å². The van der Waals surface area contributed by atoms with Crippen LogP contribution in [0.25, 0.3) is 0 Å². The van der Waals surface area contributed by atoms with E-state index in [-0.39, 0.29) is 0 Å². The van der Waals surface area contributed by atoms with E-state index in [0.717, 1.165) is 30.8 Å². The summed E-state index contributed by atoms with van der Waals surface area (Å²) in [4.78, 5) is 0. The Morgan fingerprint density at radius 2 is 2.06 bits per heavy atom. The molecule has 0 atom stereocenters. The third-order valence-corrected chi connectivity index (χ3v) is 2.81. The van der Waals surface area contributed by atoms with Crippen LogP contribution in [0, 0.1) is 25.2 Å². The van der Waals surface area contributed by atoms with Crippen LogP contribution >= 0.6 is 0 Å². The molecule has 17 heavy (non-hydrogen) atoms. The fourth-order valence-electron chi connectivity index (χ4n) is 1.78. The average Bonchev–Trinajstić information content (AvgIpc) is 2.32. The number of benzene rings is 1. The maximum atomic E-state index is 8.43. The molecule has 1 N–H and O–H groups in total. The fraction of sp³-hybridized carbons (Fsp3) is 0.500. The van der Waals surface area contributed by atoms with Crippen LogP contribution in [0.5, 0.6) is 5.75 Å². The van der Waals surface area contributed by atoms with E-state index >= 15 is 0 Å². The van der Waals surface area contributed by atoms with Crippen molar-refractivity contribution in [2.75, 3.05) is 13.7 Å². The van der Waals surface area contributed by atoms with Gasteiger partial charge in [-0.15, -0.1) is 0 Å². The van der Waals surface area contributed by atoms with Gasteiger partial charge in [-0.05, 0) is 49.6 Å². The van der Waals surface area contributed by atoms with Gasteiger partial charge in [-0.25, -0.2) is 0 Å². The van der Waals surface area contributed by atoms with Gasteiger partial charge in [-0.3, -0.25) is 0 Å². The Balaban J connectivity index is 2.54. The monoisotopic (exact) mass is 232 g/mol. The number of nitrogens with one attached hydrogen (secondary N) is 1. The van der Waals surface area contributed by atoms with Crippen molar-refractivity contribution >= 4 is 0 Å². The minimum absolute atomic E-state index is 0.619. The molecule has 0 radical (unpaired) electrons. The molecule has 0 fully saturated rings. The molecule has 92 valence electrons. The van der Waals surface area contributed by atoms with Crippen molar-refractivity contribution in [1.82, 2.24) is 5.32 Å². The molecule has 1 aromatic rings. The predicted molar refractivity (Wildman–Crippen MR) is 69.0 cm³/mol. The van der Waals surface area contributed by atoms with E-state index < -0.39 is 0 Å². The summed E-state index contributed by atoms with van der Waals surface area (Å²) in [6.45, 7) is 5.88. The average molecular weight is 232 g/mol. The van der Waals surface area contributed by atoms with Crippen LogP contribution in [-0.4, -0.2) is 13.7 Å². The lowest BCUT2D eigenvalue weighted by molar-refractivity contribution is 0.411. The molecule has 0 aliphatic heterocycles. The zero-order valence-corrected chi connectivity index (χ0v) is 10.8. The van der Waals surface area contributed by atoms with Crippen LogP contribution in [-0.2, 0) is 6.54 Å². The zero-order valence-electron chi connectivity index (χ0n) is 10.8. The highest BCUT2D eigenvalue weighted by molar-refractivity contribution is 5.41. The van der Waals surface area contributed by atoms with Gasteiger partial charge in [-0.1, -0.05) is 6.07 Å². The van der Waals surface area contributed by atoms with Gasteiger partial charge in [0.25, 0.3) is 0 Å². The molecule has 0 aliphatic carbocycles. The van der Waals surface area contributed by atoms with Crippen LogP contribution < -0.4 is 10.1 Å². The molecular formula is C14H20N2O. The van der Waals surface area contributed by atoms with Gasteiger partial charge in [0.2, 0.25) is 0 Å². The first-order valence-corrected chi connectivity index (χ1v) is 5.90. The number of aryl methyl sites for hydroxylation is 2. The molecule has 0 amide bonds. The Hall–Kier alpha value is -1.53. The normalized spacial score (nSPS) is 10.0. The van der Waals surface area contributed by atoms with Gasteiger partial charge < -0.3 is 10.1 Å². The SMILES string of the molecule is COc1cc(C)c(CNCCCC#N)cc1C. The van der Waals surface area contributed by atoms with E-state index in [2.05, 4.69) is 37.4 Å². The van der Waals surface area contributed by atoms with Gasteiger partial charge in [0, 0.05) is 13.0 Å². The number of unbranched alkanes of at least 4 members (excludes halogenated alkanes) is 1. The molecule has 3 nitrogen and oxygen atoms in total. The van der Waals surface area contributed by atoms with E-state index in [1.165, 1.54) is 11.1 Å². The lowest BCUT2D eigenvalue weighted by atomic mass is 10.0. The van der Waals surface area contributed by atoms with Gasteiger partial charge in [0.15, 0.2) is 0 Å². The lowest BCUT2D eigenvalue weighted by Crippen LogP contribution is -2.15. The summed E-state index contributed by atoms with van der Waals surface area (Å²) < 4.78 is 5.28. The molecule has 0 aliphatic rings. The summed E-state index contributed by atoms with van der Waals surface area (Å²) in [6, 6.07) is 6.37. The molecule has 0 spiro atoms. The van der Waals surface area contributed by atoms with Crippen molar-refractivity contribution in [3.8, 4) is 11.8 Å². The highest BCUT2D eigenvalue weighted by atomic mass is 16.5. The van der Waals surface area contributed by atoms with Gasteiger partial charge in [0.05, 0.1) is 13.2 Å². The molecule has 0 aromatic heterocycles. The lowest BCUT2D eigenvalue weighted by Gasteiger charge is -2.11. The van der Waals surface area contributed by atoms with Crippen LogP contribution in [0.2, 0.25) is 0 Å². The Morgan fingerprint density at radius 3 is 2.71 bits per heavy atom. The molecule has 3 heteroatoms. The number of rotatable bonds is 6. The molecule has 0 bridgehead atoms. The van der Waals surface area contributed by atoms with Crippen LogP contribution in [0.15, 0.2) is 12.1 Å². The molecule has 1 rings (SSSR count). The van der Waals surface area contributed by atoms with E-state index in [1.54, 1.807) is 7.11 Å². The van der Waals surface area contributed by atoms with E-state index in [0.29, 0.717) is 6.42 Å². The predicted octanol–water partition coefficient (Wildman–Crippen LogP) is 2.71. The quantitative estimate of drug-likeness (QED) is 0.767. The Labute approximate surface area is 103 Å². The van der Waals surface area contributed by atoms with Crippen molar-refractivity contribution in [3.63, 3.8) is 0 Å². The summed E-state index contributed by atoms with van der Waals surface area (Å²) >= 11 is 0. The molecule has 1 aromatic carbocycles. The van der Waals surface area contributed by atoms with Crippen LogP contribution in [0.1, 0.15) is 29.5 Å². The number of nitriles is 1. The van der Waals surface area contributed by atoms with E-state index in [9.17, 15) is 0 Å². The summed E-state index contributed by atoms with van der Waals surface area (Å²) in [5.41, 5.74) is 3.69. The van der Waals surface area contributed by atoms with Crippen LogP contribution in [0.3, 0.4) is 0 Å². The first kappa shape index (κ1) is 13.5. The summed E-state index contributed by atoms with van der Waals surface area (Å²) in [6.07, 6.45) is 1.53. The minimum Gasteiger partial charge on any atom is -0.496 e. The Kier molecular flexibility index (Phi) is 5.51. The smallest absolute Gasteiger partial charge is 0.122 e. The third kappa shape index (κ3) is 4.08. The Morgan fingerprint density at radius 1 is 1.29 bits per heavy atom. The number of ether oxygens (including phenoxy) is 1. The van der Waals surface area contributed by atoms with Crippen molar-refractivity contribution < 1.29 is 4.74 Å². The van der Waals surface area contributed by atoms with E-state index in [1.807, 2.05) is 0 Å². The molecule has 0 saturated carbocycles. The van der Waals surface area contributed by atoms with Gasteiger partial charge in [-0.2, -0.15) is 5.26 Å². The second-order valence-corrected chi connectivity index (χ2v) is 4.19. The zero-order chi connectivity index (χ0) is 12.7. The van der Waals surface area contributed by atoms with Crippen LogP contribution in [0.4, 0.5) is 0 Å². The van der Waals surface area contributed by atoms with Crippen molar-refractivity contribution in [2.45, 2.75) is 33.2 Å². The molecular weight excluding hydrogens is 212 g/mol. The summed E-state index contributed by atoms with van der Waals surface area (Å²) in [5, 5.41) is 11.8. The second kappa shape index (κ2) is 6.93. The molecule has 0 unspecified atom stereocenters. The highest BCUT2D eigenvalue weighted by Gasteiger charge is 2.04. The van der Waals surface area contributed by atoms with Gasteiger partial charge in [0.1, 0.15) is 5.75 Å². The number of nitrogens with zero attached hydrogens (tertiary/aromatic N) is 1. The first-order chi connectivity index (χ1) is 8.19. The third-order valence-electron chi connectivity index (χ3n) is 2.81. The number of hydrogen-bond acceptors (Lipinski definition) is 3. The Bertz CT molecular complexity index is 407. The topological polar surface area (TPSA) is 45.0 Å². The number of methoxy groups -OCH3 is 1. The van der Waals surface area contributed by atoms with Crippen molar-refractivity contribution in [1.29, 1.82) is 5.26 Å². The first-order valence-electron chi connectivity index (χ1n) is 5.90. The highest BCUT2D eigenvalue weighted by Crippen LogP contribution is 2.22. The van der Waals surface area contributed by atoms with Crippen molar-refractivity contribution in [3.05, 3.63) is 28.8 Å². The standard InChI is InChI=1S/C14H20N2O/c1-11-9-14(17-3)12(2)8-13(11)10-16-7-5-4-6-15/h8-9,16H,4-5,7,10H2,1-3H3. The minimum atomic E-state index is 0.619. The second-order valence-electron chi connectivity index (χ2n) is 4.19. The van der Waals surface area contributed by atoms with Crippen molar-refractivity contribution in [2.24, 2.45) is 0 Å². The summed E-state index contributed by atoms with van der Waals surface area (Å²) in [7, 11) is 1.70.